The molecule has 1 aliphatic heterocycles. The van der Waals surface area contributed by atoms with Crippen molar-refractivity contribution in [3.8, 4) is 0 Å². The van der Waals surface area contributed by atoms with Gasteiger partial charge in [0.2, 0.25) is 0 Å². The van der Waals surface area contributed by atoms with Gasteiger partial charge in [-0.3, -0.25) is 4.90 Å². The first-order valence-corrected chi connectivity index (χ1v) is 11.0. The SMILES string of the molecule is Cc1c(Cl)cccc1NC(=S)N(CCCN1CCOCC1)Cc1cccc(Cl)c1. The number of thiocarbonyl (C=S) groups is 1. The fourth-order valence-corrected chi connectivity index (χ4v) is 4.01. The minimum Gasteiger partial charge on any atom is -0.379 e. The molecule has 2 aromatic carbocycles. The van der Waals surface area contributed by atoms with Crippen molar-refractivity contribution in [2.45, 2.75) is 19.9 Å². The number of nitrogens with zero attached hydrogens (tertiary/aromatic N) is 2. The standard InChI is InChI=1S/C22H27Cl2N3OS/c1-17-20(24)7-3-8-21(17)25-22(29)27(16-18-5-2-6-19(23)15-18)10-4-9-26-11-13-28-14-12-26/h2-3,5-8,15H,4,9-14,16H2,1H3,(H,25,29). The molecular weight excluding hydrogens is 425 g/mol. The molecule has 3 rings (SSSR count). The third-order valence-corrected chi connectivity index (χ3v) is 6.07. The third kappa shape index (κ3) is 6.83. The smallest absolute Gasteiger partial charge is 0.173 e. The summed E-state index contributed by atoms with van der Waals surface area (Å²) in [6, 6.07) is 13.7. The van der Waals surface area contributed by atoms with Crippen molar-refractivity contribution >= 4 is 46.2 Å². The predicted octanol–water partition coefficient (Wildman–Crippen LogP) is 5.22. The molecular formula is C22H27Cl2N3OS. The molecule has 0 aliphatic carbocycles. The summed E-state index contributed by atoms with van der Waals surface area (Å²) in [5.74, 6) is 0. The molecule has 4 nitrogen and oxygen atoms in total. The van der Waals surface area contributed by atoms with Crippen LogP contribution in [0.15, 0.2) is 42.5 Å². The van der Waals surface area contributed by atoms with Crippen LogP contribution in [0.1, 0.15) is 17.5 Å². The average molecular weight is 452 g/mol. The highest BCUT2D eigenvalue weighted by Crippen LogP contribution is 2.23. The molecule has 1 N–H and O–H groups in total. The summed E-state index contributed by atoms with van der Waals surface area (Å²) in [5.41, 5.74) is 3.06. The van der Waals surface area contributed by atoms with Crippen LogP contribution in [-0.2, 0) is 11.3 Å². The number of nitrogens with one attached hydrogen (secondary N) is 1. The molecule has 0 bridgehead atoms. The number of rotatable bonds is 7. The van der Waals surface area contributed by atoms with E-state index >= 15 is 0 Å². The number of anilines is 1. The lowest BCUT2D eigenvalue weighted by Gasteiger charge is -2.30. The van der Waals surface area contributed by atoms with Gasteiger partial charge in [0.15, 0.2) is 5.11 Å². The molecule has 1 heterocycles. The Labute approximate surface area is 188 Å². The van der Waals surface area contributed by atoms with Crippen LogP contribution >= 0.6 is 35.4 Å². The van der Waals surface area contributed by atoms with Crippen molar-refractivity contribution in [2.75, 3.05) is 44.7 Å². The number of hydrogen-bond donors (Lipinski definition) is 1. The van der Waals surface area contributed by atoms with Crippen molar-refractivity contribution in [2.24, 2.45) is 0 Å². The van der Waals surface area contributed by atoms with E-state index in [1.807, 2.05) is 43.3 Å². The Bertz CT molecular complexity index is 827. The first-order valence-electron chi connectivity index (χ1n) is 9.88. The van der Waals surface area contributed by atoms with Gasteiger partial charge in [-0.25, -0.2) is 0 Å². The highest BCUT2D eigenvalue weighted by molar-refractivity contribution is 7.80. The maximum Gasteiger partial charge on any atom is 0.173 e. The summed E-state index contributed by atoms with van der Waals surface area (Å²) < 4.78 is 5.44. The molecule has 2 aromatic rings. The number of morpholine rings is 1. The van der Waals surface area contributed by atoms with E-state index in [9.17, 15) is 0 Å². The Morgan fingerprint density at radius 1 is 1.17 bits per heavy atom. The predicted molar refractivity (Wildman–Crippen MR) is 126 cm³/mol. The lowest BCUT2D eigenvalue weighted by Crippen LogP contribution is -2.40. The van der Waals surface area contributed by atoms with Gasteiger partial charge in [0.25, 0.3) is 0 Å². The minimum atomic E-state index is 0.692. The van der Waals surface area contributed by atoms with Gasteiger partial charge >= 0.3 is 0 Å². The van der Waals surface area contributed by atoms with Gasteiger partial charge in [-0.2, -0.15) is 0 Å². The molecule has 0 unspecified atom stereocenters. The molecule has 0 aromatic heterocycles. The van der Waals surface area contributed by atoms with E-state index in [0.717, 1.165) is 72.7 Å². The summed E-state index contributed by atoms with van der Waals surface area (Å²) in [7, 11) is 0. The summed E-state index contributed by atoms with van der Waals surface area (Å²) in [6.45, 7) is 8.23. The molecule has 1 aliphatic rings. The van der Waals surface area contributed by atoms with Crippen LogP contribution in [0.3, 0.4) is 0 Å². The summed E-state index contributed by atoms with van der Waals surface area (Å²) in [5, 5.41) is 5.54. The van der Waals surface area contributed by atoms with Crippen LogP contribution in [0, 0.1) is 6.92 Å². The molecule has 1 fully saturated rings. The lowest BCUT2D eigenvalue weighted by molar-refractivity contribution is 0.0368. The van der Waals surface area contributed by atoms with E-state index in [-0.39, 0.29) is 0 Å². The van der Waals surface area contributed by atoms with E-state index in [4.69, 9.17) is 40.2 Å². The van der Waals surface area contributed by atoms with E-state index < -0.39 is 0 Å². The van der Waals surface area contributed by atoms with E-state index in [2.05, 4.69) is 21.2 Å². The summed E-state index contributed by atoms with van der Waals surface area (Å²) in [4.78, 5) is 4.64. The van der Waals surface area contributed by atoms with Gasteiger partial charge in [0.05, 0.1) is 13.2 Å². The second-order valence-corrected chi connectivity index (χ2v) is 8.43. The summed E-state index contributed by atoms with van der Waals surface area (Å²) in [6.07, 6.45) is 1.02. The quantitative estimate of drug-likeness (QED) is 0.582. The highest BCUT2D eigenvalue weighted by atomic mass is 35.5. The van der Waals surface area contributed by atoms with Crippen LogP contribution in [-0.4, -0.2) is 54.3 Å². The molecule has 0 spiro atoms. The fraction of sp³-hybridized carbons (Fsp3) is 0.409. The number of benzene rings is 2. The van der Waals surface area contributed by atoms with Crippen LogP contribution in [0.5, 0.6) is 0 Å². The molecule has 0 radical (unpaired) electrons. The second kappa shape index (κ2) is 11.1. The third-order valence-electron chi connectivity index (χ3n) is 5.07. The zero-order valence-corrected chi connectivity index (χ0v) is 19.0. The monoisotopic (exact) mass is 451 g/mol. The van der Waals surface area contributed by atoms with Crippen LogP contribution in [0.2, 0.25) is 10.0 Å². The number of halogens is 2. The first-order chi connectivity index (χ1) is 14.0. The Hall–Kier alpha value is -1.37. The van der Waals surface area contributed by atoms with Gasteiger partial charge in [0.1, 0.15) is 0 Å². The van der Waals surface area contributed by atoms with E-state index in [1.165, 1.54) is 0 Å². The molecule has 0 amide bonds. The Balaban J connectivity index is 1.66. The van der Waals surface area contributed by atoms with Gasteiger partial charge in [0, 0.05) is 48.5 Å². The van der Waals surface area contributed by atoms with Crippen LogP contribution in [0.25, 0.3) is 0 Å². The fourth-order valence-electron chi connectivity index (χ4n) is 3.36. The van der Waals surface area contributed by atoms with Gasteiger partial charge < -0.3 is 15.0 Å². The van der Waals surface area contributed by atoms with Crippen molar-refractivity contribution in [3.05, 3.63) is 63.6 Å². The van der Waals surface area contributed by atoms with Gasteiger partial charge in [-0.15, -0.1) is 0 Å². The van der Waals surface area contributed by atoms with Crippen molar-refractivity contribution in [1.82, 2.24) is 9.80 Å². The van der Waals surface area contributed by atoms with Crippen LogP contribution in [0.4, 0.5) is 5.69 Å². The highest BCUT2D eigenvalue weighted by Gasteiger charge is 2.15. The summed E-state index contributed by atoms with van der Waals surface area (Å²) >= 11 is 18.2. The Kier molecular flexibility index (Phi) is 8.57. The topological polar surface area (TPSA) is 27.7 Å². The van der Waals surface area contributed by atoms with E-state index in [1.54, 1.807) is 0 Å². The normalized spacial score (nSPS) is 14.6. The van der Waals surface area contributed by atoms with E-state index in [0.29, 0.717) is 11.7 Å². The van der Waals surface area contributed by atoms with Crippen molar-refractivity contribution in [1.29, 1.82) is 0 Å². The Morgan fingerprint density at radius 3 is 2.69 bits per heavy atom. The van der Waals surface area contributed by atoms with Crippen molar-refractivity contribution < 1.29 is 4.74 Å². The number of ether oxygens (including phenoxy) is 1. The average Bonchev–Trinajstić information content (AvgIpc) is 2.71. The molecule has 1 saturated heterocycles. The lowest BCUT2D eigenvalue weighted by atomic mass is 10.2. The number of hydrogen-bond acceptors (Lipinski definition) is 3. The van der Waals surface area contributed by atoms with Crippen molar-refractivity contribution in [3.63, 3.8) is 0 Å². The zero-order chi connectivity index (χ0) is 20.6. The van der Waals surface area contributed by atoms with Crippen LogP contribution < -0.4 is 5.32 Å². The second-order valence-electron chi connectivity index (χ2n) is 7.20. The Morgan fingerprint density at radius 2 is 1.93 bits per heavy atom. The minimum absolute atomic E-state index is 0.692. The molecule has 0 saturated carbocycles. The molecule has 7 heteroatoms. The largest absolute Gasteiger partial charge is 0.379 e. The first kappa shape index (κ1) is 22.3. The maximum atomic E-state index is 6.27. The van der Waals surface area contributed by atoms with Gasteiger partial charge in [-0.1, -0.05) is 41.4 Å². The maximum absolute atomic E-state index is 6.27. The molecule has 29 heavy (non-hydrogen) atoms. The molecule has 156 valence electrons. The molecule has 0 atom stereocenters. The zero-order valence-electron chi connectivity index (χ0n) is 16.7. The van der Waals surface area contributed by atoms with Gasteiger partial charge in [-0.05, 0) is 61.0 Å².